The summed E-state index contributed by atoms with van der Waals surface area (Å²) in [6, 6.07) is 17.2. The Bertz CT molecular complexity index is 1180. The predicted octanol–water partition coefficient (Wildman–Crippen LogP) is 12.4. The van der Waals surface area contributed by atoms with Gasteiger partial charge in [0.1, 0.15) is 0 Å². The Morgan fingerprint density at radius 2 is 0.837 bits per heavy atom. The molecule has 1 aliphatic carbocycles. The lowest BCUT2D eigenvalue weighted by molar-refractivity contribution is 0.559. The number of terminal acetylenes is 2. The highest BCUT2D eigenvalue weighted by molar-refractivity contribution is 6.84. The smallest absolute Gasteiger partial charge is 0.0616 e. The van der Waals surface area contributed by atoms with Crippen LogP contribution in [0.4, 0.5) is 0 Å². The van der Waals surface area contributed by atoms with Crippen LogP contribution in [0.2, 0.25) is 45.3 Å². The summed E-state index contributed by atoms with van der Waals surface area (Å²) in [6.45, 7) is 29.7. The first kappa shape index (κ1) is 35.5. The number of rotatable bonds is 14. The van der Waals surface area contributed by atoms with Gasteiger partial charge in [-0.2, -0.15) is 0 Å². The number of fused-ring (bicyclic) bond motifs is 3. The van der Waals surface area contributed by atoms with E-state index in [9.17, 15) is 0 Å². The van der Waals surface area contributed by atoms with Crippen molar-refractivity contribution in [2.45, 2.75) is 160 Å². The molecule has 3 rings (SSSR count). The summed E-state index contributed by atoms with van der Waals surface area (Å²) >= 11 is 0. The number of aryl methyl sites for hydroxylation is 2. The van der Waals surface area contributed by atoms with Crippen LogP contribution in [-0.4, -0.2) is 16.1 Å². The van der Waals surface area contributed by atoms with Gasteiger partial charge in [-0.25, -0.2) is 0 Å². The van der Waals surface area contributed by atoms with E-state index in [4.69, 9.17) is 12.8 Å². The van der Waals surface area contributed by atoms with Crippen molar-refractivity contribution in [2.75, 3.05) is 0 Å². The van der Waals surface area contributed by atoms with E-state index in [0.29, 0.717) is 12.8 Å². The van der Waals surface area contributed by atoms with Crippen LogP contribution in [-0.2, 0) is 18.3 Å². The number of benzene rings is 2. The first-order valence-electron chi connectivity index (χ1n) is 17.3. The highest BCUT2D eigenvalue weighted by atomic mass is 28.3. The third-order valence-electron chi connectivity index (χ3n) is 12.4. The maximum Gasteiger partial charge on any atom is 0.0616 e. The van der Waals surface area contributed by atoms with E-state index in [2.05, 4.69) is 131 Å². The SMILES string of the molecule is C#CCC1(CC#C)c2cc(CC[Si](C(C)C)(C(C)C)C(C)C)ccc2-c2ccc(CC[Si](C(C)C)(C(C)C)C(C)C)cc21. The van der Waals surface area contributed by atoms with Crippen LogP contribution in [0.1, 0.15) is 118 Å². The van der Waals surface area contributed by atoms with E-state index in [1.807, 2.05) is 0 Å². The Labute approximate surface area is 269 Å². The Morgan fingerprint density at radius 3 is 1.09 bits per heavy atom. The van der Waals surface area contributed by atoms with Crippen molar-refractivity contribution in [1.82, 2.24) is 0 Å². The van der Waals surface area contributed by atoms with Gasteiger partial charge in [-0.05, 0) is 46.2 Å². The Hall–Kier alpha value is -2.01. The Balaban J connectivity index is 2.06. The van der Waals surface area contributed by atoms with Crippen molar-refractivity contribution in [3.63, 3.8) is 0 Å². The summed E-state index contributed by atoms with van der Waals surface area (Å²) in [5.74, 6) is 6.15. The molecule has 0 atom stereocenters. The highest BCUT2D eigenvalue weighted by Crippen LogP contribution is 2.54. The van der Waals surface area contributed by atoms with E-state index in [1.54, 1.807) is 0 Å². The summed E-state index contributed by atoms with van der Waals surface area (Å²) in [4.78, 5) is 0. The van der Waals surface area contributed by atoms with Gasteiger partial charge in [0.15, 0.2) is 0 Å². The van der Waals surface area contributed by atoms with Gasteiger partial charge in [0.2, 0.25) is 0 Å². The van der Waals surface area contributed by atoms with Crippen LogP contribution >= 0.6 is 0 Å². The average molecular weight is 611 g/mol. The quantitative estimate of drug-likeness (QED) is 0.147. The van der Waals surface area contributed by atoms with Gasteiger partial charge in [0.25, 0.3) is 0 Å². The average Bonchev–Trinajstić information content (AvgIpc) is 3.17. The van der Waals surface area contributed by atoms with Crippen LogP contribution in [0, 0.1) is 24.7 Å². The zero-order chi connectivity index (χ0) is 32.3. The lowest BCUT2D eigenvalue weighted by atomic mass is 9.72. The van der Waals surface area contributed by atoms with Crippen molar-refractivity contribution in [2.24, 2.45) is 0 Å². The van der Waals surface area contributed by atoms with Crippen LogP contribution in [0.3, 0.4) is 0 Å². The fourth-order valence-electron chi connectivity index (χ4n) is 10.1. The molecule has 0 aromatic heterocycles. The zero-order valence-electron chi connectivity index (χ0n) is 29.8. The Morgan fingerprint density at radius 1 is 0.535 bits per heavy atom. The molecule has 0 N–H and O–H groups in total. The molecular weight excluding hydrogens is 549 g/mol. The molecule has 0 unspecified atom stereocenters. The van der Waals surface area contributed by atoms with E-state index in [0.717, 1.165) is 46.1 Å². The highest BCUT2D eigenvalue weighted by Gasteiger charge is 2.45. The second-order valence-corrected chi connectivity index (χ2v) is 28.1. The minimum absolute atomic E-state index is 0.300. The molecule has 2 aromatic carbocycles. The number of hydrogen-bond donors (Lipinski definition) is 0. The van der Waals surface area contributed by atoms with Crippen molar-refractivity contribution in [3.8, 4) is 35.8 Å². The Kier molecular flexibility index (Phi) is 11.5. The summed E-state index contributed by atoms with van der Waals surface area (Å²) in [5, 5.41) is 0. The van der Waals surface area contributed by atoms with Gasteiger partial charge in [-0.1, -0.05) is 165 Å². The molecule has 0 saturated carbocycles. The van der Waals surface area contributed by atoms with Gasteiger partial charge in [0.05, 0.1) is 16.1 Å². The van der Waals surface area contributed by atoms with Crippen molar-refractivity contribution in [1.29, 1.82) is 0 Å². The largest absolute Gasteiger partial charge is 0.120 e. The summed E-state index contributed by atoms with van der Waals surface area (Å²) in [7, 11) is -2.97. The molecule has 234 valence electrons. The minimum Gasteiger partial charge on any atom is -0.120 e. The minimum atomic E-state index is -1.48. The van der Waals surface area contributed by atoms with Gasteiger partial charge in [-0.15, -0.1) is 24.7 Å². The second-order valence-electron chi connectivity index (χ2n) is 15.8. The molecule has 0 aliphatic heterocycles. The number of hydrogen-bond acceptors (Lipinski definition) is 0. The van der Waals surface area contributed by atoms with E-state index in [-0.39, 0.29) is 5.41 Å². The van der Waals surface area contributed by atoms with Crippen LogP contribution in [0.25, 0.3) is 11.1 Å². The molecule has 0 saturated heterocycles. The van der Waals surface area contributed by atoms with Gasteiger partial charge >= 0.3 is 0 Å². The first-order valence-corrected chi connectivity index (χ1v) is 22.2. The topological polar surface area (TPSA) is 0 Å². The molecule has 0 amide bonds. The maximum absolute atomic E-state index is 6.14. The first-order chi connectivity index (χ1) is 20.1. The fourth-order valence-corrected chi connectivity index (χ4v) is 23.1. The lowest BCUT2D eigenvalue weighted by Crippen LogP contribution is -2.44. The van der Waals surface area contributed by atoms with Crippen LogP contribution in [0.5, 0.6) is 0 Å². The van der Waals surface area contributed by atoms with Crippen LogP contribution in [0.15, 0.2) is 36.4 Å². The summed E-state index contributed by atoms with van der Waals surface area (Å²) in [6.07, 6.45) is 15.9. The molecule has 2 heteroatoms. The second kappa shape index (κ2) is 14.0. The molecule has 0 bridgehead atoms. The molecule has 1 aliphatic rings. The maximum atomic E-state index is 6.14. The van der Waals surface area contributed by atoms with Crippen molar-refractivity contribution < 1.29 is 0 Å². The normalized spacial score (nSPS) is 14.6. The monoisotopic (exact) mass is 610 g/mol. The summed E-state index contributed by atoms with van der Waals surface area (Å²) in [5.41, 5.74) is 12.7. The fraction of sp³-hybridized carbons (Fsp3) is 0.610. The molecule has 2 aromatic rings. The molecule has 0 radical (unpaired) electrons. The standard InChI is InChI=1S/C41H62Si2/c1-15-23-41(24-16-2)39-27-35(21-25-42(29(3)4,30(5)6)31(7)8)17-19-37(39)38-20-18-36(28-40(38)41)22-26-43(32(9)10,33(11)12)34(13)14/h1-2,17-20,27-34H,21-26H2,3-14H3. The third kappa shape index (κ3) is 6.27. The molecule has 0 heterocycles. The molecule has 43 heavy (non-hydrogen) atoms. The van der Waals surface area contributed by atoms with Crippen molar-refractivity contribution in [3.05, 3.63) is 58.7 Å². The zero-order valence-corrected chi connectivity index (χ0v) is 31.8. The lowest BCUT2D eigenvalue weighted by Gasteiger charge is -2.43. The van der Waals surface area contributed by atoms with E-state index < -0.39 is 16.1 Å². The molecule has 0 spiro atoms. The van der Waals surface area contributed by atoms with E-state index in [1.165, 1.54) is 45.5 Å². The van der Waals surface area contributed by atoms with Crippen LogP contribution < -0.4 is 0 Å². The molecule has 0 nitrogen and oxygen atoms in total. The van der Waals surface area contributed by atoms with Gasteiger partial charge in [0, 0.05) is 18.3 Å². The van der Waals surface area contributed by atoms with E-state index >= 15 is 0 Å². The predicted molar refractivity (Wildman–Crippen MR) is 199 cm³/mol. The van der Waals surface area contributed by atoms with Crippen molar-refractivity contribution >= 4 is 16.1 Å². The molecular formula is C41H62Si2. The third-order valence-corrected chi connectivity index (χ3v) is 27.6. The molecule has 0 fully saturated rings. The van der Waals surface area contributed by atoms with Gasteiger partial charge in [-0.3, -0.25) is 0 Å². The van der Waals surface area contributed by atoms with Gasteiger partial charge < -0.3 is 0 Å². The summed E-state index contributed by atoms with van der Waals surface area (Å²) < 4.78 is 0.